The average molecular weight is 303 g/mol. The van der Waals surface area contributed by atoms with E-state index in [2.05, 4.69) is 5.32 Å². The third-order valence-electron chi connectivity index (χ3n) is 4.24. The first-order valence-electron chi connectivity index (χ1n) is 7.78. The van der Waals surface area contributed by atoms with Crippen LogP contribution in [-0.4, -0.2) is 50.4 Å². The highest BCUT2D eigenvalue weighted by Crippen LogP contribution is 2.17. The molecule has 0 unspecified atom stereocenters. The molecule has 1 aliphatic rings. The van der Waals surface area contributed by atoms with Crippen molar-refractivity contribution in [1.29, 1.82) is 0 Å². The maximum Gasteiger partial charge on any atom is 0.251 e. The van der Waals surface area contributed by atoms with Gasteiger partial charge >= 0.3 is 0 Å². The van der Waals surface area contributed by atoms with Crippen molar-refractivity contribution in [2.45, 2.75) is 19.8 Å². The molecular formula is C17H25N3O2. The van der Waals surface area contributed by atoms with Crippen LogP contribution in [0.1, 0.15) is 30.1 Å². The van der Waals surface area contributed by atoms with Crippen LogP contribution in [0.2, 0.25) is 0 Å². The molecule has 120 valence electrons. The molecule has 0 radical (unpaired) electrons. The Labute approximate surface area is 132 Å². The van der Waals surface area contributed by atoms with Gasteiger partial charge in [-0.3, -0.25) is 9.59 Å². The molecule has 1 heterocycles. The fraction of sp³-hybridized carbons (Fsp3) is 0.529. The second kappa shape index (κ2) is 7.29. The fourth-order valence-electron chi connectivity index (χ4n) is 2.72. The predicted molar refractivity (Wildman–Crippen MR) is 88.1 cm³/mol. The Morgan fingerprint density at radius 2 is 1.95 bits per heavy atom. The topological polar surface area (TPSA) is 52.7 Å². The fourth-order valence-corrected chi connectivity index (χ4v) is 2.72. The van der Waals surface area contributed by atoms with E-state index in [1.807, 2.05) is 48.2 Å². The van der Waals surface area contributed by atoms with Gasteiger partial charge in [0.15, 0.2) is 0 Å². The first kappa shape index (κ1) is 16.3. The molecule has 22 heavy (non-hydrogen) atoms. The normalized spacial score (nSPS) is 15.5. The van der Waals surface area contributed by atoms with E-state index in [1.165, 1.54) is 0 Å². The number of nitrogens with one attached hydrogen (secondary N) is 1. The van der Waals surface area contributed by atoms with E-state index >= 15 is 0 Å². The van der Waals surface area contributed by atoms with E-state index in [4.69, 9.17) is 0 Å². The molecule has 0 aromatic heterocycles. The molecule has 0 atom stereocenters. The second-order valence-corrected chi connectivity index (χ2v) is 6.10. The molecule has 2 amide bonds. The van der Waals surface area contributed by atoms with Crippen LogP contribution in [0, 0.1) is 5.92 Å². The molecule has 0 saturated carbocycles. The summed E-state index contributed by atoms with van der Waals surface area (Å²) in [6, 6.07) is 7.61. The van der Waals surface area contributed by atoms with Gasteiger partial charge in [-0.05, 0) is 37.0 Å². The Hall–Kier alpha value is -2.04. The molecule has 1 aromatic rings. The zero-order valence-electron chi connectivity index (χ0n) is 13.6. The molecule has 5 nitrogen and oxygen atoms in total. The highest BCUT2D eigenvalue weighted by atomic mass is 16.2. The van der Waals surface area contributed by atoms with Crippen molar-refractivity contribution in [2.24, 2.45) is 5.92 Å². The summed E-state index contributed by atoms with van der Waals surface area (Å²) in [5.41, 5.74) is 1.70. The summed E-state index contributed by atoms with van der Waals surface area (Å²) in [5.74, 6) is 0.567. The molecule has 1 saturated heterocycles. The Morgan fingerprint density at radius 1 is 1.27 bits per heavy atom. The van der Waals surface area contributed by atoms with Crippen LogP contribution >= 0.6 is 0 Å². The second-order valence-electron chi connectivity index (χ2n) is 6.10. The average Bonchev–Trinajstić information content (AvgIpc) is 2.53. The number of carbonyl (C=O) groups is 2. The van der Waals surface area contributed by atoms with Crippen LogP contribution in [0.15, 0.2) is 24.3 Å². The van der Waals surface area contributed by atoms with Crippen molar-refractivity contribution < 1.29 is 9.59 Å². The maximum atomic E-state index is 12.2. The first-order valence-corrected chi connectivity index (χ1v) is 7.78. The van der Waals surface area contributed by atoms with Gasteiger partial charge in [-0.2, -0.15) is 0 Å². The van der Waals surface area contributed by atoms with Crippen LogP contribution in [0.4, 0.5) is 5.69 Å². The van der Waals surface area contributed by atoms with E-state index in [0.717, 1.165) is 31.6 Å². The number of likely N-dealkylation sites (tertiary alicyclic amines) is 1. The minimum absolute atomic E-state index is 0.0299. The van der Waals surface area contributed by atoms with Crippen molar-refractivity contribution in [1.82, 2.24) is 10.2 Å². The minimum Gasteiger partial charge on any atom is -0.378 e. The molecular weight excluding hydrogens is 278 g/mol. The van der Waals surface area contributed by atoms with Gasteiger partial charge in [-0.25, -0.2) is 0 Å². The monoisotopic (exact) mass is 303 g/mol. The highest BCUT2D eigenvalue weighted by Gasteiger charge is 2.21. The number of anilines is 1. The van der Waals surface area contributed by atoms with Gasteiger partial charge in [0.25, 0.3) is 5.91 Å². The number of carbonyl (C=O) groups excluding carboxylic acids is 2. The molecule has 1 aliphatic heterocycles. The highest BCUT2D eigenvalue weighted by molar-refractivity contribution is 5.95. The van der Waals surface area contributed by atoms with Gasteiger partial charge in [-0.15, -0.1) is 0 Å². The number of nitrogens with zero attached hydrogens (tertiary/aromatic N) is 2. The third-order valence-corrected chi connectivity index (χ3v) is 4.24. The number of amides is 2. The summed E-state index contributed by atoms with van der Waals surface area (Å²) in [5, 5.41) is 3.02. The van der Waals surface area contributed by atoms with Crippen molar-refractivity contribution >= 4 is 17.5 Å². The van der Waals surface area contributed by atoms with Gasteiger partial charge in [0.05, 0.1) is 0 Å². The quantitative estimate of drug-likeness (QED) is 0.922. The van der Waals surface area contributed by atoms with Gasteiger partial charge in [0, 0.05) is 51.9 Å². The zero-order chi connectivity index (χ0) is 16.1. The molecule has 0 bridgehead atoms. The van der Waals surface area contributed by atoms with E-state index in [-0.39, 0.29) is 11.8 Å². The number of hydrogen-bond donors (Lipinski definition) is 1. The summed E-state index contributed by atoms with van der Waals surface area (Å²) < 4.78 is 0. The molecule has 0 spiro atoms. The number of hydrogen-bond acceptors (Lipinski definition) is 3. The lowest BCUT2D eigenvalue weighted by atomic mass is 9.96. The van der Waals surface area contributed by atoms with Crippen LogP contribution < -0.4 is 10.2 Å². The third kappa shape index (κ3) is 4.23. The van der Waals surface area contributed by atoms with Crippen molar-refractivity contribution in [3.8, 4) is 0 Å². The van der Waals surface area contributed by atoms with Gasteiger partial charge in [-0.1, -0.05) is 6.07 Å². The lowest BCUT2D eigenvalue weighted by molar-refractivity contribution is -0.130. The molecule has 1 N–H and O–H groups in total. The molecule has 5 heteroatoms. The number of piperidine rings is 1. The summed E-state index contributed by atoms with van der Waals surface area (Å²) in [7, 11) is 3.92. The Morgan fingerprint density at radius 3 is 2.55 bits per heavy atom. The number of rotatable bonds is 4. The maximum absolute atomic E-state index is 12.2. The molecule has 2 rings (SSSR count). The summed E-state index contributed by atoms with van der Waals surface area (Å²) in [4.78, 5) is 27.4. The Kier molecular flexibility index (Phi) is 5.41. The predicted octanol–water partition coefficient (Wildman–Crippen LogP) is 1.74. The molecule has 1 fully saturated rings. The van der Waals surface area contributed by atoms with E-state index in [1.54, 1.807) is 6.92 Å². The zero-order valence-corrected chi connectivity index (χ0v) is 13.6. The Balaban J connectivity index is 1.83. The first-order chi connectivity index (χ1) is 10.5. The van der Waals surface area contributed by atoms with Crippen LogP contribution in [0.25, 0.3) is 0 Å². The molecule has 1 aromatic carbocycles. The van der Waals surface area contributed by atoms with Crippen LogP contribution in [0.3, 0.4) is 0 Å². The minimum atomic E-state index is -0.0299. The lowest BCUT2D eigenvalue weighted by Crippen LogP contribution is -2.40. The SMILES string of the molecule is CC(=O)N1CCC(CNC(=O)c2cccc(N(C)C)c2)CC1. The Bertz CT molecular complexity index is 534. The smallest absolute Gasteiger partial charge is 0.251 e. The largest absolute Gasteiger partial charge is 0.378 e. The van der Waals surface area contributed by atoms with Gasteiger partial charge < -0.3 is 15.1 Å². The van der Waals surface area contributed by atoms with Gasteiger partial charge in [0.1, 0.15) is 0 Å². The van der Waals surface area contributed by atoms with E-state index < -0.39 is 0 Å². The van der Waals surface area contributed by atoms with Gasteiger partial charge in [0.2, 0.25) is 5.91 Å². The van der Waals surface area contributed by atoms with E-state index in [0.29, 0.717) is 18.0 Å². The van der Waals surface area contributed by atoms with Crippen LogP contribution in [0.5, 0.6) is 0 Å². The summed E-state index contributed by atoms with van der Waals surface area (Å²) in [6.07, 6.45) is 1.91. The lowest BCUT2D eigenvalue weighted by Gasteiger charge is -2.31. The van der Waals surface area contributed by atoms with E-state index in [9.17, 15) is 9.59 Å². The summed E-state index contributed by atoms with van der Waals surface area (Å²) in [6.45, 7) is 3.88. The summed E-state index contributed by atoms with van der Waals surface area (Å²) >= 11 is 0. The van der Waals surface area contributed by atoms with Crippen molar-refractivity contribution in [2.75, 3.05) is 38.6 Å². The van der Waals surface area contributed by atoms with Crippen molar-refractivity contribution in [3.05, 3.63) is 29.8 Å². The van der Waals surface area contributed by atoms with Crippen LogP contribution in [-0.2, 0) is 4.79 Å². The van der Waals surface area contributed by atoms with Crippen molar-refractivity contribution in [3.63, 3.8) is 0 Å². The molecule has 0 aliphatic carbocycles. The standard InChI is InChI=1S/C17H25N3O2/c1-13(21)20-9-7-14(8-10-20)12-18-17(22)15-5-4-6-16(11-15)19(2)3/h4-6,11,14H,7-10,12H2,1-3H3,(H,18,22). The number of benzene rings is 1.